The summed E-state index contributed by atoms with van der Waals surface area (Å²) < 4.78 is 17.1. The van der Waals surface area contributed by atoms with E-state index >= 15 is 0 Å². The Morgan fingerprint density at radius 3 is 0.482 bits per heavy atom. The molecule has 0 saturated carbocycles. The average molecular weight is 1170 g/mol. The van der Waals surface area contributed by atoms with Gasteiger partial charge in [0.25, 0.3) is 0 Å². The van der Waals surface area contributed by atoms with Gasteiger partial charge in [-0.1, -0.05) is 419 Å². The zero-order chi connectivity index (χ0) is 59.9. The highest BCUT2D eigenvalue weighted by Crippen LogP contribution is 2.20. The second kappa shape index (κ2) is 72.9. The van der Waals surface area contributed by atoms with E-state index in [2.05, 4.69) is 20.8 Å². The van der Waals surface area contributed by atoms with Crippen molar-refractivity contribution in [3.63, 3.8) is 0 Å². The maximum atomic E-state index is 13.0. The van der Waals surface area contributed by atoms with Crippen LogP contribution in [0.25, 0.3) is 0 Å². The minimum absolute atomic E-state index is 0.0597. The zero-order valence-corrected chi connectivity index (χ0v) is 57.0. The lowest BCUT2D eigenvalue weighted by Crippen LogP contribution is -2.30. The fourth-order valence-corrected chi connectivity index (χ4v) is 12.3. The highest BCUT2D eigenvalue weighted by molar-refractivity contribution is 5.71. The van der Waals surface area contributed by atoms with Crippen LogP contribution in [0, 0.1) is 0 Å². The third kappa shape index (κ3) is 71.1. The molecule has 0 aliphatic rings. The maximum absolute atomic E-state index is 13.0. The number of esters is 3. The molecule has 0 aliphatic carbocycles. The van der Waals surface area contributed by atoms with Crippen molar-refractivity contribution in [2.24, 2.45) is 0 Å². The zero-order valence-electron chi connectivity index (χ0n) is 57.0. The standard InChI is InChI=1S/C77H150O6/c1-4-7-10-13-16-19-22-25-28-31-34-36-37-38-39-40-42-43-46-49-52-55-58-61-64-67-70-76(79)82-73-74(72-81-75(78)69-66-63-60-57-54-51-48-45-33-30-27-24-21-18-15-12-9-6-3)83-77(80)71-68-65-62-59-56-53-50-47-44-41-35-32-29-26-23-20-17-14-11-8-5-2/h74H,4-73H2,1-3H3. The Bertz CT molecular complexity index is 1250. The van der Waals surface area contributed by atoms with Gasteiger partial charge in [0.1, 0.15) is 13.2 Å². The van der Waals surface area contributed by atoms with Crippen LogP contribution in [0.1, 0.15) is 457 Å². The van der Waals surface area contributed by atoms with Crippen molar-refractivity contribution >= 4 is 17.9 Å². The van der Waals surface area contributed by atoms with Gasteiger partial charge in [-0.2, -0.15) is 0 Å². The fourth-order valence-electron chi connectivity index (χ4n) is 12.3. The second-order valence-electron chi connectivity index (χ2n) is 26.6. The molecule has 0 rings (SSSR count). The summed E-state index contributed by atoms with van der Waals surface area (Å²) in [7, 11) is 0. The minimum atomic E-state index is -0.764. The lowest BCUT2D eigenvalue weighted by atomic mass is 10.0. The lowest BCUT2D eigenvalue weighted by Gasteiger charge is -2.18. The van der Waals surface area contributed by atoms with Crippen molar-refractivity contribution in [2.75, 3.05) is 13.2 Å². The number of hydrogen-bond donors (Lipinski definition) is 0. The first-order chi connectivity index (χ1) is 41.0. The molecular formula is C77H150O6. The molecule has 6 nitrogen and oxygen atoms in total. The smallest absolute Gasteiger partial charge is 0.306 e. The summed E-state index contributed by atoms with van der Waals surface area (Å²) >= 11 is 0. The van der Waals surface area contributed by atoms with Crippen LogP contribution >= 0.6 is 0 Å². The van der Waals surface area contributed by atoms with Crippen molar-refractivity contribution in [2.45, 2.75) is 463 Å². The van der Waals surface area contributed by atoms with Crippen molar-refractivity contribution < 1.29 is 28.6 Å². The Morgan fingerprint density at radius 1 is 0.193 bits per heavy atom. The molecule has 0 N–H and O–H groups in total. The van der Waals surface area contributed by atoms with Gasteiger partial charge < -0.3 is 14.2 Å². The van der Waals surface area contributed by atoms with Crippen molar-refractivity contribution in [3.8, 4) is 0 Å². The SMILES string of the molecule is CCCCCCCCCCCCCCCCCCCCCCCCCCCCC(=O)OCC(COC(=O)CCCCCCCCCCCCCCCCCCCC)OC(=O)CCCCCCCCCCCCCCCCCCCCCCC. The van der Waals surface area contributed by atoms with Gasteiger partial charge in [-0.05, 0) is 19.3 Å². The third-order valence-electron chi connectivity index (χ3n) is 18.1. The Hall–Kier alpha value is -1.59. The fraction of sp³-hybridized carbons (Fsp3) is 0.961. The van der Waals surface area contributed by atoms with Gasteiger partial charge in [-0.15, -0.1) is 0 Å². The molecule has 0 radical (unpaired) electrons. The number of carbonyl (C=O) groups is 3. The van der Waals surface area contributed by atoms with Crippen LogP contribution in [-0.4, -0.2) is 37.2 Å². The summed E-state index contributed by atoms with van der Waals surface area (Å²) in [6, 6.07) is 0. The highest BCUT2D eigenvalue weighted by Gasteiger charge is 2.20. The molecule has 494 valence electrons. The van der Waals surface area contributed by atoms with Gasteiger partial charge in [0.15, 0.2) is 6.10 Å². The summed E-state index contributed by atoms with van der Waals surface area (Å²) in [5.41, 5.74) is 0. The molecule has 1 atom stereocenters. The molecule has 0 fully saturated rings. The average Bonchev–Trinajstić information content (AvgIpc) is 3.49. The second-order valence-corrected chi connectivity index (χ2v) is 26.6. The largest absolute Gasteiger partial charge is 0.462 e. The van der Waals surface area contributed by atoms with Crippen LogP contribution in [-0.2, 0) is 28.6 Å². The number of carbonyl (C=O) groups excluding carboxylic acids is 3. The van der Waals surface area contributed by atoms with Crippen LogP contribution < -0.4 is 0 Å². The van der Waals surface area contributed by atoms with Gasteiger partial charge in [-0.3, -0.25) is 14.4 Å². The van der Waals surface area contributed by atoms with Crippen LogP contribution in [0.5, 0.6) is 0 Å². The van der Waals surface area contributed by atoms with Gasteiger partial charge in [0.05, 0.1) is 0 Å². The molecule has 83 heavy (non-hydrogen) atoms. The van der Waals surface area contributed by atoms with Crippen LogP contribution in [0.4, 0.5) is 0 Å². The molecule has 0 amide bonds. The molecule has 0 aromatic rings. The molecule has 0 heterocycles. The normalized spacial score (nSPS) is 11.9. The molecule has 0 saturated heterocycles. The van der Waals surface area contributed by atoms with Crippen molar-refractivity contribution in [1.82, 2.24) is 0 Å². The lowest BCUT2D eigenvalue weighted by molar-refractivity contribution is -0.167. The Kier molecular flexibility index (Phi) is 71.5. The first-order valence-electron chi connectivity index (χ1n) is 38.5. The summed E-state index contributed by atoms with van der Waals surface area (Å²) in [5.74, 6) is -0.813. The van der Waals surface area contributed by atoms with Crippen LogP contribution in [0.3, 0.4) is 0 Å². The van der Waals surface area contributed by atoms with E-state index in [0.29, 0.717) is 19.3 Å². The molecular weight excluding hydrogens is 1020 g/mol. The Balaban J connectivity index is 4.23. The minimum Gasteiger partial charge on any atom is -0.462 e. The monoisotopic (exact) mass is 1170 g/mol. The van der Waals surface area contributed by atoms with E-state index in [0.717, 1.165) is 57.8 Å². The molecule has 0 aromatic carbocycles. The van der Waals surface area contributed by atoms with E-state index in [1.807, 2.05) is 0 Å². The maximum Gasteiger partial charge on any atom is 0.306 e. The van der Waals surface area contributed by atoms with E-state index in [1.165, 1.54) is 360 Å². The van der Waals surface area contributed by atoms with E-state index in [4.69, 9.17) is 14.2 Å². The topological polar surface area (TPSA) is 78.9 Å². The number of rotatable bonds is 73. The quantitative estimate of drug-likeness (QED) is 0.0343. The van der Waals surface area contributed by atoms with E-state index in [-0.39, 0.29) is 31.1 Å². The molecule has 0 aromatic heterocycles. The van der Waals surface area contributed by atoms with Crippen molar-refractivity contribution in [1.29, 1.82) is 0 Å². The van der Waals surface area contributed by atoms with E-state index in [1.54, 1.807) is 0 Å². The Morgan fingerprint density at radius 2 is 0.325 bits per heavy atom. The van der Waals surface area contributed by atoms with Crippen LogP contribution in [0.2, 0.25) is 0 Å². The Labute approximate surface area is 520 Å². The predicted octanol–water partition coefficient (Wildman–Crippen LogP) is 26.6. The number of hydrogen-bond acceptors (Lipinski definition) is 6. The summed E-state index contributed by atoms with van der Waals surface area (Å²) in [6.07, 6.45) is 87.2. The van der Waals surface area contributed by atoms with E-state index in [9.17, 15) is 14.4 Å². The molecule has 1 unspecified atom stereocenters. The predicted molar refractivity (Wildman–Crippen MR) is 363 cm³/mol. The molecule has 6 heteroatoms. The van der Waals surface area contributed by atoms with Crippen molar-refractivity contribution in [3.05, 3.63) is 0 Å². The van der Waals surface area contributed by atoms with Gasteiger partial charge in [0, 0.05) is 19.3 Å². The van der Waals surface area contributed by atoms with E-state index < -0.39 is 6.10 Å². The summed E-state index contributed by atoms with van der Waals surface area (Å²) in [4.78, 5) is 38.6. The summed E-state index contributed by atoms with van der Waals surface area (Å²) in [6.45, 7) is 6.76. The third-order valence-corrected chi connectivity index (χ3v) is 18.1. The highest BCUT2D eigenvalue weighted by atomic mass is 16.6. The van der Waals surface area contributed by atoms with Crippen LogP contribution in [0.15, 0.2) is 0 Å². The summed E-state index contributed by atoms with van der Waals surface area (Å²) in [5, 5.41) is 0. The number of ether oxygens (including phenoxy) is 3. The molecule has 0 spiro atoms. The molecule has 0 bridgehead atoms. The first-order valence-corrected chi connectivity index (χ1v) is 38.5. The molecule has 0 aliphatic heterocycles. The first kappa shape index (κ1) is 81.4. The van der Waals surface area contributed by atoms with Gasteiger partial charge in [-0.25, -0.2) is 0 Å². The number of unbranched alkanes of at least 4 members (excludes halogenated alkanes) is 62. The van der Waals surface area contributed by atoms with Gasteiger partial charge >= 0.3 is 17.9 Å². The van der Waals surface area contributed by atoms with Gasteiger partial charge in [0.2, 0.25) is 0 Å².